The minimum Gasteiger partial charge on any atom is -0.314 e. The summed E-state index contributed by atoms with van der Waals surface area (Å²) in [5, 5.41) is 7.33. The molecule has 1 heterocycles. The van der Waals surface area contributed by atoms with Gasteiger partial charge < -0.3 is 10.6 Å². The molecule has 1 aliphatic heterocycles. The van der Waals surface area contributed by atoms with Crippen molar-refractivity contribution in [1.82, 2.24) is 10.6 Å². The number of rotatable bonds is 10. The lowest BCUT2D eigenvalue weighted by Crippen LogP contribution is -2.40. The first-order valence-corrected chi connectivity index (χ1v) is 8.65. The maximum absolute atomic E-state index is 3.69. The fourth-order valence-electron chi connectivity index (χ4n) is 3.01. The summed E-state index contributed by atoms with van der Waals surface area (Å²) in [6.07, 6.45) is 12.4. The molecule has 0 spiro atoms. The van der Waals surface area contributed by atoms with Crippen molar-refractivity contribution in [2.24, 2.45) is 5.92 Å². The van der Waals surface area contributed by atoms with Gasteiger partial charge in [0.2, 0.25) is 0 Å². The predicted octanol–water partition coefficient (Wildman–Crippen LogP) is 4.10. The molecule has 2 heteroatoms. The summed E-state index contributed by atoms with van der Waals surface area (Å²) >= 11 is 0. The lowest BCUT2D eigenvalue weighted by Gasteiger charge is -2.26. The SMILES string of the molecule is CC(C)CCCCCCNC(C)CC1CCCCN1. The Morgan fingerprint density at radius 2 is 1.84 bits per heavy atom. The van der Waals surface area contributed by atoms with Gasteiger partial charge in [-0.05, 0) is 51.6 Å². The Morgan fingerprint density at radius 3 is 2.53 bits per heavy atom. The van der Waals surface area contributed by atoms with Crippen LogP contribution >= 0.6 is 0 Å². The van der Waals surface area contributed by atoms with E-state index in [0.717, 1.165) is 12.0 Å². The summed E-state index contributed by atoms with van der Waals surface area (Å²) in [5.74, 6) is 0.876. The van der Waals surface area contributed by atoms with Gasteiger partial charge in [0.05, 0.1) is 0 Å². The molecule has 0 aromatic carbocycles. The molecular formula is C17H36N2. The van der Waals surface area contributed by atoms with Crippen LogP contribution in [0.1, 0.15) is 78.6 Å². The topological polar surface area (TPSA) is 24.1 Å². The first-order valence-electron chi connectivity index (χ1n) is 8.65. The van der Waals surface area contributed by atoms with Gasteiger partial charge in [-0.3, -0.25) is 0 Å². The quantitative estimate of drug-likeness (QED) is 0.583. The maximum Gasteiger partial charge on any atom is 0.00817 e. The first kappa shape index (κ1) is 17.0. The molecule has 0 aromatic rings. The second kappa shape index (κ2) is 10.7. The van der Waals surface area contributed by atoms with Crippen LogP contribution in [-0.4, -0.2) is 25.2 Å². The molecular weight excluding hydrogens is 232 g/mol. The summed E-state index contributed by atoms with van der Waals surface area (Å²) in [6, 6.07) is 1.44. The highest BCUT2D eigenvalue weighted by Gasteiger charge is 2.14. The Labute approximate surface area is 121 Å². The van der Waals surface area contributed by atoms with E-state index in [1.165, 1.54) is 70.9 Å². The van der Waals surface area contributed by atoms with Crippen molar-refractivity contribution in [3.63, 3.8) is 0 Å². The molecule has 1 fully saturated rings. The third kappa shape index (κ3) is 9.45. The van der Waals surface area contributed by atoms with Gasteiger partial charge in [0.25, 0.3) is 0 Å². The summed E-state index contributed by atoms with van der Waals surface area (Å²) in [5.41, 5.74) is 0. The average Bonchev–Trinajstić information content (AvgIpc) is 2.38. The Hall–Kier alpha value is -0.0800. The van der Waals surface area contributed by atoms with Gasteiger partial charge in [-0.15, -0.1) is 0 Å². The van der Waals surface area contributed by atoms with E-state index < -0.39 is 0 Å². The zero-order valence-electron chi connectivity index (χ0n) is 13.5. The summed E-state index contributed by atoms with van der Waals surface area (Å²) < 4.78 is 0. The number of nitrogens with one attached hydrogen (secondary N) is 2. The minimum atomic E-state index is 0.672. The van der Waals surface area contributed by atoms with Crippen LogP contribution in [0.5, 0.6) is 0 Å². The highest BCUT2D eigenvalue weighted by molar-refractivity contribution is 4.76. The van der Waals surface area contributed by atoms with Crippen LogP contribution in [0.15, 0.2) is 0 Å². The molecule has 0 aromatic heterocycles. The molecule has 0 amide bonds. The van der Waals surface area contributed by atoms with E-state index in [-0.39, 0.29) is 0 Å². The Morgan fingerprint density at radius 1 is 1.05 bits per heavy atom. The largest absolute Gasteiger partial charge is 0.314 e. The van der Waals surface area contributed by atoms with E-state index in [0.29, 0.717) is 6.04 Å². The normalized spacial score (nSPS) is 21.8. The average molecular weight is 268 g/mol. The molecule has 0 bridgehead atoms. The van der Waals surface area contributed by atoms with Gasteiger partial charge in [0.1, 0.15) is 0 Å². The van der Waals surface area contributed by atoms with Crippen LogP contribution in [0.2, 0.25) is 0 Å². The van der Waals surface area contributed by atoms with E-state index in [1.54, 1.807) is 0 Å². The third-order valence-corrected chi connectivity index (χ3v) is 4.25. The van der Waals surface area contributed by atoms with Gasteiger partial charge in [-0.2, -0.15) is 0 Å². The smallest absolute Gasteiger partial charge is 0.00817 e. The maximum atomic E-state index is 3.69. The van der Waals surface area contributed by atoms with E-state index in [2.05, 4.69) is 31.4 Å². The standard InChI is InChI=1S/C17H36N2/c1-15(2)10-6-4-5-8-12-18-16(3)14-17-11-7-9-13-19-17/h15-19H,4-14H2,1-3H3. The molecule has 0 radical (unpaired) electrons. The Balaban J connectivity index is 1.88. The Kier molecular flexibility index (Phi) is 9.54. The highest BCUT2D eigenvalue weighted by Crippen LogP contribution is 2.12. The molecule has 1 aliphatic rings. The monoisotopic (exact) mass is 268 g/mol. The fraction of sp³-hybridized carbons (Fsp3) is 1.00. The Bertz CT molecular complexity index is 197. The van der Waals surface area contributed by atoms with Crippen molar-refractivity contribution in [3.8, 4) is 0 Å². The van der Waals surface area contributed by atoms with Gasteiger partial charge in [-0.25, -0.2) is 0 Å². The predicted molar refractivity (Wildman–Crippen MR) is 85.6 cm³/mol. The van der Waals surface area contributed by atoms with Gasteiger partial charge in [0, 0.05) is 12.1 Å². The van der Waals surface area contributed by atoms with Crippen LogP contribution in [-0.2, 0) is 0 Å². The molecule has 114 valence electrons. The second-order valence-electron chi connectivity index (χ2n) is 6.83. The molecule has 2 atom stereocenters. The zero-order valence-corrected chi connectivity index (χ0v) is 13.5. The zero-order chi connectivity index (χ0) is 13.9. The lowest BCUT2D eigenvalue weighted by molar-refractivity contribution is 0.344. The van der Waals surface area contributed by atoms with E-state index in [1.807, 2.05) is 0 Å². The number of unbranched alkanes of at least 4 members (excludes halogenated alkanes) is 3. The van der Waals surface area contributed by atoms with Gasteiger partial charge in [0.15, 0.2) is 0 Å². The first-order chi connectivity index (χ1) is 9.18. The molecule has 2 N–H and O–H groups in total. The van der Waals surface area contributed by atoms with Crippen molar-refractivity contribution in [2.75, 3.05) is 13.1 Å². The highest BCUT2D eigenvalue weighted by atomic mass is 15.0. The third-order valence-electron chi connectivity index (χ3n) is 4.25. The van der Waals surface area contributed by atoms with Crippen molar-refractivity contribution < 1.29 is 0 Å². The van der Waals surface area contributed by atoms with Crippen molar-refractivity contribution in [2.45, 2.75) is 90.6 Å². The van der Waals surface area contributed by atoms with Crippen LogP contribution in [0.3, 0.4) is 0 Å². The van der Waals surface area contributed by atoms with Crippen LogP contribution in [0, 0.1) is 5.92 Å². The van der Waals surface area contributed by atoms with Gasteiger partial charge in [-0.1, -0.05) is 46.0 Å². The fourth-order valence-corrected chi connectivity index (χ4v) is 3.01. The minimum absolute atomic E-state index is 0.672. The van der Waals surface area contributed by atoms with Crippen LogP contribution < -0.4 is 10.6 Å². The molecule has 0 saturated carbocycles. The van der Waals surface area contributed by atoms with E-state index in [9.17, 15) is 0 Å². The van der Waals surface area contributed by atoms with Crippen LogP contribution in [0.25, 0.3) is 0 Å². The summed E-state index contributed by atoms with van der Waals surface area (Å²) in [7, 11) is 0. The number of hydrogen-bond donors (Lipinski definition) is 2. The van der Waals surface area contributed by atoms with Crippen molar-refractivity contribution in [3.05, 3.63) is 0 Å². The van der Waals surface area contributed by atoms with Gasteiger partial charge >= 0.3 is 0 Å². The molecule has 2 unspecified atom stereocenters. The molecule has 19 heavy (non-hydrogen) atoms. The van der Waals surface area contributed by atoms with E-state index >= 15 is 0 Å². The van der Waals surface area contributed by atoms with Crippen molar-refractivity contribution >= 4 is 0 Å². The lowest BCUT2D eigenvalue weighted by atomic mass is 9.99. The number of piperidine rings is 1. The molecule has 2 nitrogen and oxygen atoms in total. The second-order valence-corrected chi connectivity index (χ2v) is 6.83. The van der Waals surface area contributed by atoms with Crippen LogP contribution in [0.4, 0.5) is 0 Å². The van der Waals surface area contributed by atoms with Crippen molar-refractivity contribution in [1.29, 1.82) is 0 Å². The summed E-state index contributed by atoms with van der Waals surface area (Å²) in [6.45, 7) is 9.42. The molecule has 1 saturated heterocycles. The molecule has 1 rings (SSSR count). The number of hydrogen-bond acceptors (Lipinski definition) is 2. The van der Waals surface area contributed by atoms with E-state index in [4.69, 9.17) is 0 Å². The summed E-state index contributed by atoms with van der Waals surface area (Å²) in [4.78, 5) is 0. The molecule has 0 aliphatic carbocycles.